The maximum Gasteiger partial charge on any atom is 0.323 e. The van der Waals surface area contributed by atoms with Crippen LogP contribution in [0.4, 0.5) is 0 Å². The Balaban J connectivity index is 1.65. The number of carbonyl (C=O) groups excluding carboxylic acids is 2. The summed E-state index contributed by atoms with van der Waals surface area (Å²) in [5, 5.41) is 11.4. The summed E-state index contributed by atoms with van der Waals surface area (Å²) in [5.74, 6) is -1.60. The van der Waals surface area contributed by atoms with Crippen molar-refractivity contribution >= 4 is 30.4 Å². The van der Waals surface area contributed by atoms with Crippen LogP contribution in [0.15, 0.2) is 30.3 Å². The molecular formula is C19H24N2O4S. The van der Waals surface area contributed by atoms with Crippen molar-refractivity contribution in [1.29, 1.82) is 0 Å². The molecule has 1 heterocycles. The first-order valence-corrected chi connectivity index (χ1v) is 9.48. The number of carboxylic acid groups (broad SMARTS) is 1. The van der Waals surface area contributed by atoms with Gasteiger partial charge in [-0.05, 0) is 44.1 Å². The van der Waals surface area contributed by atoms with Gasteiger partial charge in [-0.15, -0.1) is 0 Å². The Hall–Kier alpha value is -2.02. The fourth-order valence-electron chi connectivity index (χ4n) is 3.69. The third-order valence-electron chi connectivity index (χ3n) is 5.28. The van der Waals surface area contributed by atoms with E-state index in [1.54, 1.807) is 0 Å². The molecule has 2 aliphatic rings. The van der Waals surface area contributed by atoms with Gasteiger partial charge in [-0.3, -0.25) is 14.4 Å². The summed E-state index contributed by atoms with van der Waals surface area (Å²) in [6.45, 7) is -0.306. The van der Waals surface area contributed by atoms with Crippen molar-refractivity contribution in [2.45, 2.75) is 55.4 Å². The van der Waals surface area contributed by atoms with Crippen molar-refractivity contribution in [3.63, 3.8) is 0 Å². The fourth-order valence-corrected chi connectivity index (χ4v) is 3.98. The van der Waals surface area contributed by atoms with Gasteiger partial charge in [-0.1, -0.05) is 30.3 Å². The highest BCUT2D eigenvalue weighted by molar-refractivity contribution is 7.81. The van der Waals surface area contributed by atoms with E-state index in [-0.39, 0.29) is 23.9 Å². The molecule has 1 saturated carbocycles. The van der Waals surface area contributed by atoms with Gasteiger partial charge in [0.25, 0.3) is 0 Å². The number of nitrogens with one attached hydrogen (secondary N) is 1. The Morgan fingerprint density at radius 1 is 1.27 bits per heavy atom. The van der Waals surface area contributed by atoms with E-state index in [2.05, 4.69) is 17.9 Å². The van der Waals surface area contributed by atoms with Crippen molar-refractivity contribution in [2.24, 2.45) is 0 Å². The average Bonchev–Trinajstić information content (AvgIpc) is 3.40. The number of benzene rings is 1. The summed E-state index contributed by atoms with van der Waals surface area (Å²) in [6.07, 6.45) is 4.29. The summed E-state index contributed by atoms with van der Waals surface area (Å²) in [6, 6.07) is 8.90. The van der Waals surface area contributed by atoms with Gasteiger partial charge in [0.05, 0.1) is 5.25 Å². The first kappa shape index (κ1) is 18.8. The SMILES string of the molecule is O=C(O)CN1C(=O)[C@@H](NC(=O)[C@@H](S)Cc2ccccc2)CCCC12CC2. The largest absolute Gasteiger partial charge is 0.480 e. The van der Waals surface area contributed by atoms with E-state index in [0.29, 0.717) is 12.8 Å². The lowest BCUT2D eigenvalue weighted by Crippen LogP contribution is -2.53. The van der Waals surface area contributed by atoms with Crippen LogP contribution in [-0.2, 0) is 20.8 Å². The number of rotatable bonds is 6. The quantitative estimate of drug-likeness (QED) is 0.659. The minimum Gasteiger partial charge on any atom is -0.480 e. The number of carbonyl (C=O) groups is 3. The van der Waals surface area contributed by atoms with Crippen molar-refractivity contribution in [2.75, 3.05) is 6.54 Å². The van der Waals surface area contributed by atoms with Crippen LogP contribution < -0.4 is 5.32 Å². The molecule has 140 valence electrons. The summed E-state index contributed by atoms with van der Waals surface area (Å²) >= 11 is 4.39. The smallest absolute Gasteiger partial charge is 0.323 e. The minimum atomic E-state index is -1.02. The molecule has 3 rings (SSSR count). The van der Waals surface area contributed by atoms with Crippen molar-refractivity contribution in [1.82, 2.24) is 10.2 Å². The molecule has 0 radical (unpaired) electrons. The second-order valence-corrected chi connectivity index (χ2v) is 7.82. The van der Waals surface area contributed by atoms with Crippen LogP contribution in [0.2, 0.25) is 0 Å². The van der Waals surface area contributed by atoms with Gasteiger partial charge in [0.1, 0.15) is 12.6 Å². The van der Waals surface area contributed by atoms with Gasteiger partial charge >= 0.3 is 5.97 Å². The molecule has 2 amide bonds. The molecule has 1 saturated heterocycles. The van der Waals surface area contributed by atoms with Crippen LogP contribution in [-0.4, -0.2) is 51.2 Å². The van der Waals surface area contributed by atoms with E-state index < -0.39 is 17.3 Å². The molecule has 6 nitrogen and oxygen atoms in total. The second-order valence-electron chi connectivity index (χ2n) is 7.20. The Kier molecular flexibility index (Phi) is 5.55. The number of thiol groups is 1. The fraction of sp³-hybridized carbons (Fsp3) is 0.526. The third-order valence-corrected chi connectivity index (χ3v) is 5.70. The number of amides is 2. The van der Waals surface area contributed by atoms with Crippen molar-refractivity contribution in [3.8, 4) is 0 Å². The third kappa shape index (κ3) is 4.20. The van der Waals surface area contributed by atoms with E-state index in [1.165, 1.54) is 4.90 Å². The number of likely N-dealkylation sites (tertiary alicyclic amines) is 1. The molecule has 26 heavy (non-hydrogen) atoms. The van der Waals surface area contributed by atoms with E-state index in [4.69, 9.17) is 5.11 Å². The van der Waals surface area contributed by atoms with Crippen LogP contribution in [0, 0.1) is 0 Å². The number of carboxylic acids is 1. The maximum absolute atomic E-state index is 12.9. The van der Waals surface area contributed by atoms with Gasteiger partial charge in [-0.2, -0.15) is 12.6 Å². The van der Waals surface area contributed by atoms with Gasteiger partial charge in [0.2, 0.25) is 11.8 Å². The lowest BCUT2D eigenvalue weighted by atomic mass is 10.1. The first-order chi connectivity index (χ1) is 12.4. The second kappa shape index (κ2) is 7.70. The predicted octanol–water partition coefficient (Wildman–Crippen LogP) is 1.64. The molecule has 0 unspecified atom stereocenters. The van der Waals surface area contributed by atoms with Crippen LogP contribution in [0.25, 0.3) is 0 Å². The Labute approximate surface area is 158 Å². The highest BCUT2D eigenvalue weighted by Gasteiger charge is 2.52. The highest BCUT2D eigenvalue weighted by Crippen LogP contribution is 2.47. The maximum atomic E-state index is 12.9. The lowest BCUT2D eigenvalue weighted by molar-refractivity contribution is -0.148. The van der Waals surface area contributed by atoms with E-state index >= 15 is 0 Å². The molecule has 1 aromatic carbocycles. The number of hydrogen-bond acceptors (Lipinski definition) is 4. The molecule has 2 N–H and O–H groups in total. The Morgan fingerprint density at radius 2 is 1.96 bits per heavy atom. The van der Waals surface area contributed by atoms with Crippen LogP contribution in [0.3, 0.4) is 0 Å². The predicted molar refractivity (Wildman–Crippen MR) is 100 cm³/mol. The summed E-state index contributed by atoms with van der Waals surface area (Å²) in [5.41, 5.74) is 0.693. The van der Waals surface area contributed by atoms with Crippen molar-refractivity contribution in [3.05, 3.63) is 35.9 Å². The van der Waals surface area contributed by atoms with Gasteiger partial charge in [-0.25, -0.2) is 0 Å². The molecule has 1 aromatic rings. The molecule has 0 bridgehead atoms. The average molecular weight is 376 g/mol. The van der Waals surface area contributed by atoms with Gasteiger partial charge < -0.3 is 15.3 Å². The lowest BCUT2D eigenvalue weighted by Gasteiger charge is -2.31. The number of hydrogen-bond donors (Lipinski definition) is 3. The standard InChI is InChI=1S/C19H24N2O4S/c22-16(23)12-21-18(25)14(7-4-8-19(21)9-10-19)20-17(24)15(26)11-13-5-2-1-3-6-13/h1-3,5-6,14-15,26H,4,7-12H2,(H,20,24)(H,22,23)/t14-,15-/m0/s1. The Morgan fingerprint density at radius 3 is 2.58 bits per heavy atom. The molecule has 1 spiro atoms. The molecule has 0 aromatic heterocycles. The number of nitrogens with zero attached hydrogens (tertiary/aromatic N) is 1. The normalized spacial score (nSPS) is 22.6. The molecule has 1 aliphatic heterocycles. The van der Waals surface area contributed by atoms with Crippen molar-refractivity contribution < 1.29 is 19.5 Å². The summed E-state index contributed by atoms with van der Waals surface area (Å²) < 4.78 is 0. The zero-order chi connectivity index (χ0) is 18.7. The first-order valence-electron chi connectivity index (χ1n) is 8.97. The van der Waals surface area contributed by atoms with Crippen LogP contribution in [0.1, 0.15) is 37.7 Å². The molecule has 2 atom stereocenters. The van der Waals surface area contributed by atoms with Crippen LogP contribution in [0.5, 0.6) is 0 Å². The zero-order valence-corrected chi connectivity index (χ0v) is 15.5. The molecule has 1 aliphatic carbocycles. The molecule has 2 fully saturated rings. The summed E-state index contributed by atoms with van der Waals surface area (Å²) in [4.78, 5) is 38.0. The van der Waals surface area contributed by atoms with Gasteiger partial charge in [0.15, 0.2) is 0 Å². The van der Waals surface area contributed by atoms with Crippen LogP contribution >= 0.6 is 12.6 Å². The summed E-state index contributed by atoms with van der Waals surface area (Å²) in [7, 11) is 0. The number of aliphatic carboxylic acids is 1. The Bertz CT molecular complexity index is 690. The molecular weight excluding hydrogens is 352 g/mol. The monoisotopic (exact) mass is 376 g/mol. The topological polar surface area (TPSA) is 86.7 Å². The van der Waals surface area contributed by atoms with E-state index in [9.17, 15) is 14.4 Å². The molecule has 7 heteroatoms. The minimum absolute atomic E-state index is 0.281. The van der Waals surface area contributed by atoms with Gasteiger partial charge in [0, 0.05) is 5.54 Å². The highest BCUT2D eigenvalue weighted by atomic mass is 32.1. The van der Waals surface area contributed by atoms with E-state index in [0.717, 1.165) is 31.2 Å². The van der Waals surface area contributed by atoms with E-state index in [1.807, 2.05) is 30.3 Å². The zero-order valence-electron chi connectivity index (χ0n) is 14.6.